The zero-order valence-corrected chi connectivity index (χ0v) is 9.55. The number of benzene rings is 1. The first kappa shape index (κ1) is 11.4. The fraction of sp³-hybridized carbons (Fsp3) is 0.231. The lowest BCUT2D eigenvalue weighted by molar-refractivity contribution is -0.430. The van der Waals surface area contributed by atoms with E-state index in [-0.39, 0.29) is 10.6 Å². The highest BCUT2D eigenvalue weighted by molar-refractivity contribution is 5.68. The standard InChI is InChI=1S/C13H13NO3/c1-17-13-9-11(7-8-12(13)14(15)16)10-5-3-2-4-6-10/h2-7H,8-9H2,1H3. The normalized spacial score (nSPS) is 15.5. The van der Waals surface area contributed by atoms with Crippen molar-refractivity contribution < 1.29 is 9.66 Å². The smallest absolute Gasteiger partial charge is 0.287 e. The van der Waals surface area contributed by atoms with Crippen LogP contribution in [0.4, 0.5) is 0 Å². The van der Waals surface area contributed by atoms with Crippen LogP contribution in [0.5, 0.6) is 0 Å². The van der Waals surface area contributed by atoms with E-state index in [4.69, 9.17) is 4.74 Å². The molecule has 0 unspecified atom stereocenters. The molecule has 88 valence electrons. The van der Waals surface area contributed by atoms with Crippen LogP contribution < -0.4 is 0 Å². The summed E-state index contributed by atoms with van der Waals surface area (Å²) < 4.78 is 5.11. The van der Waals surface area contributed by atoms with Crippen LogP contribution in [-0.4, -0.2) is 12.0 Å². The van der Waals surface area contributed by atoms with Crippen LogP contribution in [0.3, 0.4) is 0 Å². The van der Waals surface area contributed by atoms with Gasteiger partial charge in [0.05, 0.1) is 18.5 Å². The van der Waals surface area contributed by atoms with Crippen LogP contribution in [0.15, 0.2) is 47.9 Å². The van der Waals surface area contributed by atoms with Crippen molar-refractivity contribution in [2.45, 2.75) is 12.8 Å². The maximum atomic E-state index is 10.8. The van der Waals surface area contributed by atoms with Crippen LogP contribution >= 0.6 is 0 Å². The zero-order chi connectivity index (χ0) is 12.3. The van der Waals surface area contributed by atoms with Gasteiger partial charge in [-0.05, 0) is 11.1 Å². The Kier molecular flexibility index (Phi) is 3.23. The first-order chi connectivity index (χ1) is 8.22. The number of ether oxygens (including phenoxy) is 1. The number of hydrogen-bond donors (Lipinski definition) is 0. The second-order valence-corrected chi connectivity index (χ2v) is 3.81. The van der Waals surface area contributed by atoms with Gasteiger partial charge >= 0.3 is 0 Å². The van der Waals surface area contributed by atoms with Crippen molar-refractivity contribution in [3.05, 3.63) is 63.5 Å². The molecule has 0 amide bonds. The minimum atomic E-state index is -0.364. The molecule has 0 fully saturated rings. The summed E-state index contributed by atoms with van der Waals surface area (Å²) in [7, 11) is 1.48. The molecule has 0 aliphatic heterocycles. The molecule has 0 aromatic heterocycles. The molecule has 4 nitrogen and oxygen atoms in total. The molecule has 1 aromatic carbocycles. The molecule has 17 heavy (non-hydrogen) atoms. The average Bonchev–Trinajstić information content (AvgIpc) is 2.39. The van der Waals surface area contributed by atoms with Crippen LogP contribution in [0.25, 0.3) is 5.57 Å². The maximum Gasteiger partial charge on any atom is 0.287 e. The molecule has 0 saturated heterocycles. The van der Waals surface area contributed by atoms with Gasteiger partial charge < -0.3 is 4.74 Å². The number of nitrogens with zero attached hydrogens (tertiary/aromatic N) is 1. The number of rotatable bonds is 3. The summed E-state index contributed by atoms with van der Waals surface area (Å²) in [5.41, 5.74) is 2.32. The summed E-state index contributed by atoms with van der Waals surface area (Å²) in [6, 6.07) is 9.85. The molecular weight excluding hydrogens is 218 g/mol. The van der Waals surface area contributed by atoms with Crippen molar-refractivity contribution in [1.82, 2.24) is 0 Å². The quantitative estimate of drug-likeness (QED) is 0.593. The Bertz CT molecular complexity index is 489. The third-order valence-electron chi connectivity index (χ3n) is 2.83. The monoisotopic (exact) mass is 231 g/mol. The van der Waals surface area contributed by atoms with Crippen LogP contribution in [-0.2, 0) is 4.74 Å². The van der Waals surface area contributed by atoms with Gasteiger partial charge in [0.1, 0.15) is 0 Å². The van der Waals surface area contributed by atoms with Gasteiger partial charge in [-0.1, -0.05) is 36.4 Å². The van der Waals surface area contributed by atoms with E-state index in [1.165, 1.54) is 7.11 Å². The summed E-state index contributed by atoms with van der Waals surface area (Å²) in [5, 5.41) is 10.8. The molecule has 0 spiro atoms. The largest absolute Gasteiger partial charge is 0.494 e. The number of hydrogen-bond acceptors (Lipinski definition) is 3. The number of nitro groups is 1. The van der Waals surface area contributed by atoms with Gasteiger partial charge in [-0.2, -0.15) is 0 Å². The number of methoxy groups -OCH3 is 1. The van der Waals surface area contributed by atoms with Crippen molar-refractivity contribution in [2.24, 2.45) is 0 Å². The predicted octanol–water partition coefficient (Wildman–Crippen LogP) is 3.00. The first-order valence-corrected chi connectivity index (χ1v) is 5.37. The van der Waals surface area contributed by atoms with Crippen molar-refractivity contribution in [1.29, 1.82) is 0 Å². The lowest BCUT2D eigenvalue weighted by Crippen LogP contribution is -2.08. The summed E-state index contributed by atoms with van der Waals surface area (Å²) in [6.45, 7) is 0. The zero-order valence-electron chi connectivity index (χ0n) is 9.55. The van der Waals surface area contributed by atoms with Gasteiger partial charge in [-0.15, -0.1) is 0 Å². The van der Waals surface area contributed by atoms with Crippen molar-refractivity contribution in [3.63, 3.8) is 0 Å². The Hall–Kier alpha value is -2.10. The molecule has 4 heteroatoms. The highest BCUT2D eigenvalue weighted by atomic mass is 16.6. The molecule has 0 atom stereocenters. The van der Waals surface area contributed by atoms with E-state index in [0.29, 0.717) is 18.6 Å². The van der Waals surface area contributed by atoms with Crippen molar-refractivity contribution in [3.8, 4) is 0 Å². The summed E-state index contributed by atoms with van der Waals surface area (Å²) in [4.78, 5) is 10.4. The van der Waals surface area contributed by atoms with Crippen LogP contribution in [0.2, 0.25) is 0 Å². The second kappa shape index (κ2) is 4.82. The second-order valence-electron chi connectivity index (χ2n) is 3.81. The van der Waals surface area contributed by atoms with Crippen molar-refractivity contribution >= 4 is 5.57 Å². The Morgan fingerprint density at radius 1 is 1.29 bits per heavy atom. The summed E-state index contributed by atoms with van der Waals surface area (Å²) in [5.74, 6) is 0.455. The molecule has 1 aliphatic rings. The van der Waals surface area contributed by atoms with Crippen molar-refractivity contribution in [2.75, 3.05) is 7.11 Å². The third-order valence-corrected chi connectivity index (χ3v) is 2.83. The Balaban J connectivity index is 2.26. The average molecular weight is 231 g/mol. The molecule has 1 aliphatic carbocycles. The topological polar surface area (TPSA) is 52.4 Å². The minimum Gasteiger partial charge on any atom is -0.494 e. The first-order valence-electron chi connectivity index (χ1n) is 5.37. The fourth-order valence-corrected chi connectivity index (χ4v) is 1.92. The Morgan fingerprint density at radius 2 is 2.00 bits per heavy atom. The molecular formula is C13H13NO3. The fourth-order valence-electron chi connectivity index (χ4n) is 1.92. The van der Waals surface area contributed by atoms with Gasteiger partial charge in [0.15, 0.2) is 5.76 Å². The van der Waals surface area contributed by atoms with Gasteiger partial charge in [0.25, 0.3) is 5.70 Å². The predicted molar refractivity (Wildman–Crippen MR) is 64.7 cm³/mol. The molecule has 1 aromatic rings. The third kappa shape index (κ3) is 2.36. The minimum absolute atomic E-state index is 0.159. The number of allylic oxidation sites excluding steroid dienone is 2. The Labute approximate surface area is 99.4 Å². The van der Waals surface area contributed by atoms with E-state index in [0.717, 1.165) is 11.1 Å². The van der Waals surface area contributed by atoms with E-state index in [1.807, 2.05) is 36.4 Å². The van der Waals surface area contributed by atoms with E-state index in [2.05, 4.69) is 0 Å². The van der Waals surface area contributed by atoms with E-state index < -0.39 is 0 Å². The summed E-state index contributed by atoms with van der Waals surface area (Å²) >= 11 is 0. The van der Waals surface area contributed by atoms with Gasteiger partial charge in [0.2, 0.25) is 0 Å². The van der Waals surface area contributed by atoms with Gasteiger partial charge in [-0.25, -0.2) is 0 Å². The van der Waals surface area contributed by atoms with Crippen LogP contribution in [0, 0.1) is 10.1 Å². The lowest BCUT2D eigenvalue weighted by atomic mass is 9.95. The molecule has 0 heterocycles. The maximum absolute atomic E-state index is 10.8. The highest BCUT2D eigenvalue weighted by Gasteiger charge is 2.24. The van der Waals surface area contributed by atoms with E-state index in [1.54, 1.807) is 0 Å². The Morgan fingerprint density at radius 3 is 2.59 bits per heavy atom. The van der Waals surface area contributed by atoms with E-state index >= 15 is 0 Å². The molecule has 0 N–H and O–H groups in total. The lowest BCUT2D eigenvalue weighted by Gasteiger charge is -2.15. The van der Waals surface area contributed by atoms with Gasteiger partial charge in [0, 0.05) is 6.42 Å². The molecule has 0 bridgehead atoms. The van der Waals surface area contributed by atoms with Crippen LogP contribution in [0.1, 0.15) is 18.4 Å². The molecule has 0 saturated carbocycles. The molecule has 2 rings (SSSR count). The highest BCUT2D eigenvalue weighted by Crippen LogP contribution is 2.31. The van der Waals surface area contributed by atoms with Gasteiger partial charge in [-0.3, -0.25) is 10.1 Å². The summed E-state index contributed by atoms with van der Waals surface area (Å²) in [6.07, 6.45) is 2.70. The SMILES string of the molecule is COC1=C([N+](=O)[O-])CC=C(c2ccccc2)C1. The van der Waals surface area contributed by atoms with E-state index in [9.17, 15) is 10.1 Å². The molecule has 0 radical (unpaired) electrons.